The molecule has 1 fully saturated rings. The highest BCUT2D eigenvalue weighted by Gasteiger charge is 2.28. The maximum atomic E-state index is 10.6. The van der Waals surface area contributed by atoms with Crippen molar-refractivity contribution in [1.82, 2.24) is 14.2 Å². The smallest absolute Gasteiger partial charge is 0.142 e. The highest BCUT2D eigenvalue weighted by Crippen LogP contribution is 2.35. The summed E-state index contributed by atoms with van der Waals surface area (Å²) in [5.74, 6) is 1.07. The lowest BCUT2D eigenvalue weighted by molar-refractivity contribution is -0.104. The minimum Gasteiger partial charge on any atom is -0.361 e. The SMILES string of the molecule is C[Si](C)(C)CCOCn1c(C2CCCN2P)nc2cc(C=CC=O)ccc21. The summed E-state index contributed by atoms with van der Waals surface area (Å²) >= 11 is 0. The molecule has 2 unspecified atom stereocenters. The van der Waals surface area contributed by atoms with Gasteiger partial charge in [0.25, 0.3) is 0 Å². The number of benzene rings is 1. The zero-order valence-corrected chi connectivity index (χ0v) is 18.7. The molecule has 0 N–H and O–H groups in total. The largest absolute Gasteiger partial charge is 0.361 e. The number of hydrogen-bond acceptors (Lipinski definition) is 4. The molecule has 27 heavy (non-hydrogen) atoms. The Bertz CT molecular complexity index is 828. The topological polar surface area (TPSA) is 47.4 Å². The number of rotatable bonds is 8. The first-order valence-corrected chi connectivity index (χ1v) is 13.8. The van der Waals surface area contributed by atoms with Gasteiger partial charge in [-0.05, 0) is 42.7 Å². The second-order valence-electron chi connectivity index (χ2n) is 8.39. The Morgan fingerprint density at radius 2 is 2.19 bits per heavy atom. The predicted molar refractivity (Wildman–Crippen MR) is 117 cm³/mol. The summed E-state index contributed by atoms with van der Waals surface area (Å²) in [6, 6.07) is 7.62. The number of aldehydes is 1. The van der Waals surface area contributed by atoms with Crippen molar-refractivity contribution in [1.29, 1.82) is 0 Å². The first-order valence-electron chi connectivity index (χ1n) is 9.60. The van der Waals surface area contributed by atoms with Crippen LogP contribution in [0.2, 0.25) is 25.7 Å². The van der Waals surface area contributed by atoms with E-state index in [-0.39, 0.29) is 0 Å². The Kier molecular flexibility index (Phi) is 6.64. The highest BCUT2D eigenvalue weighted by molar-refractivity contribution is 7.13. The molecule has 2 aromatic rings. The van der Waals surface area contributed by atoms with Crippen LogP contribution >= 0.6 is 9.39 Å². The molecule has 2 heterocycles. The standard InChI is InChI=1S/C20H30N3O2PSi/c1-27(2,3)13-12-25-15-22-18-9-8-16(6-5-11-24)14-17(18)21-20(22)19-7-4-10-23(19)26/h5-6,8-9,11,14,19H,4,7,10,12-13,15,26H2,1-3H3. The van der Waals surface area contributed by atoms with Crippen LogP contribution in [0.1, 0.15) is 30.3 Å². The van der Waals surface area contributed by atoms with E-state index in [9.17, 15) is 4.79 Å². The van der Waals surface area contributed by atoms with E-state index in [4.69, 9.17) is 9.72 Å². The molecule has 0 bridgehead atoms. The van der Waals surface area contributed by atoms with Crippen molar-refractivity contribution < 1.29 is 9.53 Å². The molecule has 0 spiro atoms. The van der Waals surface area contributed by atoms with Gasteiger partial charge in [-0.2, -0.15) is 0 Å². The van der Waals surface area contributed by atoms with Crippen LogP contribution in [-0.4, -0.2) is 41.7 Å². The second kappa shape index (κ2) is 8.78. The number of hydrogen-bond donors (Lipinski definition) is 0. The van der Waals surface area contributed by atoms with Gasteiger partial charge in [-0.1, -0.05) is 41.2 Å². The molecule has 1 aliphatic rings. The number of allylic oxidation sites excluding steroid dienone is 1. The zero-order chi connectivity index (χ0) is 19.4. The summed E-state index contributed by atoms with van der Waals surface area (Å²) in [5, 5.41) is 0. The maximum absolute atomic E-state index is 10.6. The number of ether oxygens (including phenoxy) is 1. The first-order chi connectivity index (χ1) is 12.9. The van der Waals surface area contributed by atoms with Gasteiger partial charge in [0.1, 0.15) is 18.8 Å². The number of fused-ring (bicyclic) bond motifs is 1. The summed E-state index contributed by atoms with van der Waals surface area (Å²) in [5.41, 5.74) is 3.03. The molecule has 1 aromatic heterocycles. The zero-order valence-electron chi connectivity index (χ0n) is 16.5. The van der Waals surface area contributed by atoms with Crippen molar-refractivity contribution in [3.63, 3.8) is 0 Å². The van der Waals surface area contributed by atoms with E-state index >= 15 is 0 Å². The summed E-state index contributed by atoms with van der Waals surface area (Å²) in [4.78, 5) is 15.6. The monoisotopic (exact) mass is 403 g/mol. The Hall–Kier alpha value is -1.33. The molecule has 7 heteroatoms. The van der Waals surface area contributed by atoms with Gasteiger partial charge < -0.3 is 9.30 Å². The van der Waals surface area contributed by atoms with Gasteiger partial charge in [-0.25, -0.2) is 4.98 Å². The third-order valence-electron chi connectivity index (χ3n) is 4.98. The van der Waals surface area contributed by atoms with Gasteiger partial charge in [0.15, 0.2) is 0 Å². The quantitative estimate of drug-likeness (QED) is 0.214. The van der Waals surface area contributed by atoms with Crippen LogP contribution in [0, 0.1) is 0 Å². The first kappa shape index (κ1) is 20.4. The van der Waals surface area contributed by atoms with E-state index in [2.05, 4.69) is 44.3 Å². The molecule has 0 aliphatic carbocycles. The molecule has 1 saturated heterocycles. The molecule has 2 atom stereocenters. The number of nitrogens with zero attached hydrogens (tertiary/aromatic N) is 3. The van der Waals surface area contributed by atoms with Crippen molar-refractivity contribution >= 4 is 40.9 Å². The molecule has 0 saturated carbocycles. The van der Waals surface area contributed by atoms with Gasteiger partial charge in [0.05, 0.1) is 17.1 Å². The van der Waals surface area contributed by atoms with Crippen LogP contribution in [0.4, 0.5) is 0 Å². The summed E-state index contributed by atoms with van der Waals surface area (Å²) in [6.07, 6.45) is 6.42. The normalized spacial score (nSPS) is 18.7. The Labute approximate surface area is 165 Å². The van der Waals surface area contributed by atoms with E-state index in [1.807, 2.05) is 18.2 Å². The van der Waals surface area contributed by atoms with Gasteiger partial charge in [-0.3, -0.25) is 9.46 Å². The van der Waals surface area contributed by atoms with Gasteiger partial charge in [0, 0.05) is 21.2 Å². The van der Waals surface area contributed by atoms with Gasteiger partial charge in [0.2, 0.25) is 0 Å². The third kappa shape index (κ3) is 5.14. The van der Waals surface area contributed by atoms with Crippen LogP contribution in [0.3, 0.4) is 0 Å². The van der Waals surface area contributed by atoms with Crippen molar-refractivity contribution in [3.8, 4) is 0 Å². The van der Waals surface area contributed by atoms with Crippen LogP contribution in [-0.2, 0) is 16.3 Å². The minimum absolute atomic E-state index is 0.303. The van der Waals surface area contributed by atoms with Gasteiger partial charge in [-0.15, -0.1) is 0 Å². The summed E-state index contributed by atoms with van der Waals surface area (Å²) in [6.45, 7) is 9.51. The fraction of sp³-hybridized carbons (Fsp3) is 0.500. The number of imidazole rings is 1. The van der Waals surface area contributed by atoms with E-state index in [0.29, 0.717) is 12.8 Å². The minimum atomic E-state index is -1.10. The van der Waals surface area contributed by atoms with Crippen molar-refractivity contribution in [2.24, 2.45) is 0 Å². The van der Waals surface area contributed by atoms with Crippen LogP contribution in [0.25, 0.3) is 17.1 Å². The molecular weight excluding hydrogens is 373 g/mol. The van der Waals surface area contributed by atoms with Crippen molar-refractivity contribution in [2.45, 2.75) is 51.3 Å². The van der Waals surface area contributed by atoms with Crippen molar-refractivity contribution in [2.75, 3.05) is 13.2 Å². The van der Waals surface area contributed by atoms with E-state index in [1.165, 1.54) is 12.5 Å². The molecule has 146 valence electrons. The molecule has 1 aliphatic heterocycles. The fourth-order valence-electron chi connectivity index (χ4n) is 3.41. The number of carbonyl (C=O) groups excluding carboxylic acids is 1. The molecule has 3 rings (SSSR count). The average molecular weight is 404 g/mol. The number of carbonyl (C=O) groups is 1. The summed E-state index contributed by atoms with van der Waals surface area (Å²) < 4.78 is 10.6. The summed E-state index contributed by atoms with van der Waals surface area (Å²) in [7, 11) is 1.74. The molecular formula is C20H30N3O2PSi. The average Bonchev–Trinajstić information content (AvgIpc) is 3.18. The molecule has 1 aromatic carbocycles. The van der Waals surface area contributed by atoms with Crippen LogP contribution in [0.5, 0.6) is 0 Å². The molecule has 5 nitrogen and oxygen atoms in total. The van der Waals surface area contributed by atoms with Crippen molar-refractivity contribution in [3.05, 3.63) is 35.7 Å². The number of aromatic nitrogens is 2. The Morgan fingerprint density at radius 1 is 1.37 bits per heavy atom. The Morgan fingerprint density at radius 3 is 2.85 bits per heavy atom. The second-order valence-corrected chi connectivity index (χ2v) is 14.7. The third-order valence-corrected chi connectivity index (χ3v) is 7.30. The van der Waals surface area contributed by atoms with E-state index in [1.54, 1.807) is 0 Å². The van der Waals surface area contributed by atoms with E-state index in [0.717, 1.165) is 54.3 Å². The predicted octanol–water partition coefficient (Wildman–Crippen LogP) is 4.49. The van der Waals surface area contributed by atoms with Gasteiger partial charge >= 0.3 is 0 Å². The highest BCUT2D eigenvalue weighted by atomic mass is 31.0. The molecule has 0 radical (unpaired) electrons. The lowest BCUT2D eigenvalue weighted by atomic mass is 10.2. The lowest BCUT2D eigenvalue weighted by Gasteiger charge is -2.21. The fourth-order valence-corrected chi connectivity index (χ4v) is 4.63. The Balaban J connectivity index is 1.89. The van der Waals surface area contributed by atoms with Crippen LogP contribution < -0.4 is 0 Å². The maximum Gasteiger partial charge on any atom is 0.142 e. The lowest BCUT2D eigenvalue weighted by Crippen LogP contribution is -2.22. The van der Waals surface area contributed by atoms with Crippen LogP contribution in [0.15, 0.2) is 24.3 Å². The molecule has 0 amide bonds. The van der Waals surface area contributed by atoms with E-state index < -0.39 is 8.07 Å².